The molecule has 0 saturated carbocycles. The van der Waals surface area contributed by atoms with E-state index >= 15 is 0 Å². The molecule has 0 amide bonds. The van der Waals surface area contributed by atoms with E-state index in [1.165, 1.54) is 33.6 Å². The van der Waals surface area contributed by atoms with E-state index in [0.717, 1.165) is 6.54 Å². The molecule has 0 aliphatic heterocycles. The summed E-state index contributed by atoms with van der Waals surface area (Å²) in [5.74, 6) is 0. The van der Waals surface area contributed by atoms with Crippen molar-refractivity contribution in [2.24, 2.45) is 0 Å². The van der Waals surface area contributed by atoms with Gasteiger partial charge in [0.1, 0.15) is 0 Å². The first-order valence-electron chi connectivity index (χ1n) is 7.05. The highest BCUT2D eigenvalue weighted by Crippen LogP contribution is 2.28. The third-order valence-corrected chi connectivity index (χ3v) is 3.44. The summed E-state index contributed by atoms with van der Waals surface area (Å²) >= 11 is 0. The second kappa shape index (κ2) is 6.10. The van der Waals surface area contributed by atoms with Crippen LogP contribution in [0.3, 0.4) is 0 Å². The molecule has 2 aromatic rings. The quantitative estimate of drug-likeness (QED) is 0.883. The fourth-order valence-electron chi connectivity index (χ4n) is 2.63. The van der Waals surface area contributed by atoms with Crippen molar-refractivity contribution in [1.29, 1.82) is 0 Å². The maximum Gasteiger partial charge on any atom is 0.0443 e. The van der Waals surface area contributed by atoms with Crippen LogP contribution in [0.25, 0.3) is 0 Å². The highest BCUT2D eigenvalue weighted by Gasteiger charge is 2.07. The third-order valence-electron chi connectivity index (χ3n) is 3.44. The summed E-state index contributed by atoms with van der Waals surface area (Å²) < 4.78 is 0. The van der Waals surface area contributed by atoms with Gasteiger partial charge in [-0.3, -0.25) is 0 Å². The number of para-hydroxylation sites is 1. The van der Waals surface area contributed by atoms with Crippen LogP contribution in [0.15, 0.2) is 36.4 Å². The number of nitrogens with one attached hydrogen (secondary N) is 1. The first-order chi connectivity index (χ1) is 9.47. The predicted molar refractivity (Wildman–Crippen MR) is 87.8 cm³/mol. The molecular weight excluding hydrogens is 244 g/mol. The number of rotatable bonds is 4. The molecule has 0 unspecified atom stereocenters. The molecule has 0 bridgehead atoms. The minimum absolute atomic E-state index is 0.938. The van der Waals surface area contributed by atoms with Crippen LogP contribution >= 0.6 is 0 Å². The average Bonchev–Trinajstić information content (AvgIpc) is 2.34. The van der Waals surface area contributed by atoms with Crippen LogP contribution in [-0.4, -0.2) is 19.0 Å². The van der Waals surface area contributed by atoms with E-state index in [9.17, 15) is 0 Å². The summed E-state index contributed by atoms with van der Waals surface area (Å²) in [6.07, 6.45) is 0. The maximum atomic E-state index is 3.62. The SMILES string of the molecule is Cc1cc(C)c(Nc2ccccc2CN(C)C)c(C)c1. The predicted octanol–water partition coefficient (Wildman–Crippen LogP) is 4.42. The van der Waals surface area contributed by atoms with E-state index in [2.05, 4.69) is 81.5 Å². The van der Waals surface area contributed by atoms with Gasteiger partial charge in [0.05, 0.1) is 0 Å². The fraction of sp³-hybridized carbons (Fsp3) is 0.333. The Bertz CT molecular complexity index is 577. The van der Waals surface area contributed by atoms with Gasteiger partial charge in [0.2, 0.25) is 0 Å². The van der Waals surface area contributed by atoms with Crippen molar-refractivity contribution in [3.63, 3.8) is 0 Å². The Kier molecular flexibility index (Phi) is 4.46. The summed E-state index contributed by atoms with van der Waals surface area (Å²) in [5.41, 5.74) is 7.63. The molecule has 20 heavy (non-hydrogen) atoms. The minimum Gasteiger partial charge on any atom is -0.355 e. The zero-order valence-corrected chi connectivity index (χ0v) is 13.1. The van der Waals surface area contributed by atoms with Gasteiger partial charge in [-0.2, -0.15) is 0 Å². The first-order valence-corrected chi connectivity index (χ1v) is 7.05. The van der Waals surface area contributed by atoms with Crippen molar-refractivity contribution < 1.29 is 0 Å². The standard InChI is InChI=1S/C18H24N2/c1-13-10-14(2)18(15(3)11-13)19-17-9-7-6-8-16(17)12-20(4)5/h6-11,19H,12H2,1-5H3. The summed E-state index contributed by atoms with van der Waals surface area (Å²) in [7, 11) is 4.19. The van der Waals surface area contributed by atoms with Crippen molar-refractivity contribution in [3.8, 4) is 0 Å². The molecule has 2 aromatic carbocycles. The molecule has 0 aliphatic carbocycles. The molecule has 1 N–H and O–H groups in total. The van der Waals surface area contributed by atoms with Crippen molar-refractivity contribution in [1.82, 2.24) is 4.90 Å². The Labute approximate surface area is 122 Å². The molecule has 0 spiro atoms. The number of anilines is 2. The maximum absolute atomic E-state index is 3.62. The van der Waals surface area contributed by atoms with E-state index in [1.54, 1.807) is 0 Å². The Morgan fingerprint density at radius 1 is 0.950 bits per heavy atom. The number of nitrogens with zero attached hydrogens (tertiary/aromatic N) is 1. The molecule has 0 atom stereocenters. The summed E-state index contributed by atoms with van der Waals surface area (Å²) in [6, 6.07) is 13.0. The van der Waals surface area contributed by atoms with E-state index in [-0.39, 0.29) is 0 Å². The van der Waals surface area contributed by atoms with Crippen LogP contribution < -0.4 is 5.32 Å². The smallest absolute Gasteiger partial charge is 0.0443 e. The van der Waals surface area contributed by atoms with Crippen molar-refractivity contribution >= 4 is 11.4 Å². The zero-order chi connectivity index (χ0) is 14.7. The van der Waals surface area contributed by atoms with Crippen LogP contribution in [0.2, 0.25) is 0 Å². The molecule has 0 radical (unpaired) electrons. The van der Waals surface area contributed by atoms with Crippen LogP contribution in [-0.2, 0) is 6.54 Å². The van der Waals surface area contributed by atoms with Crippen LogP contribution in [0.5, 0.6) is 0 Å². The number of hydrogen-bond acceptors (Lipinski definition) is 2. The molecule has 2 heteroatoms. The number of aryl methyl sites for hydroxylation is 3. The van der Waals surface area contributed by atoms with Gasteiger partial charge in [-0.05, 0) is 57.6 Å². The minimum atomic E-state index is 0.938. The monoisotopic (exact) mass is 268 g/mol. The molecule has 0 fully saturated rings. The van der Waals surface area contributed by atoms with Crippen molar-refractivity contribution in [2.75, 3.05) is 19.4 Å². The van der Waals surface area contributed by atoms with Crippen LogP contribution in [0, 0.1) is 20.8 Å². The summed E-state index contributed by atoms with van der Waals surface area (Å²) in [6.45, 7) is 7.41. The molecule has 0 aliphatic rings. The van der Waals surface area contributed by atoms with Gasteiger partial charge in [0.25, 0.3) is 0 Å². The highest BCUT2D eigenvalue weighted by molar-refractivity contribution is 5.69. The molecule has 0 aromatic heterocycles. The molecular formula is C18H24N2. The second-order valence-electron chi connectivity index (χ2n) is 5.79. The van der Waals surface area contributed by atoms with Gasteiger partial charge in [-0.1, -0.05) is 35.9 Å². The lowest BCUT2D eigenvalue weighted by Gasteiger charge is -2.18. The zero-order valence-electron chi connectivity index (χ0n) is 13.1. The van der Waals surface area contributed by atoms with Crippen LogP contribution in [0.1, 0.15) is 22.3 Å². The van der Waals surface area contributed by atoms with E-state index in [0.29, 0.717) is 0 Å². The first kappa shape index (κ1) is 14.6. The fourth-order valence-corrected chi connectivity index (χ4v) is 2.63. The Hall–Kier alpha value is -1.80. The normalized spacial score (nSPS) is 10.9. The Morgan fingerprint density at radius 3 is 2.15 bits per heavy atom. The van der Waals surface area contributed by atoms with E-state index < -0.39 is 0 Å². The van der Waals surface area contributed by atoms with Gasteiger partial charge in [0, 0.05) is 17.9 Å². The number of hydrogen-bond donors (Lipinski definition) is 1. The highest BCUT2D eigenvalue weighted by atomic mass is 15.1. The van der Waals surface area contributed by atoms with Gasteiger partial charge in [-0.15, -0.1) is 0 Å². The molecule has 0 heterocycles. The summed E-state index contributed by atoms with van der Waals surface area (Å²) in [4.78, 5) is 2.19. The third kappa shape index (κ3) is 3.40. The molecule has 2 nitrogen and oxygen atoms in total. The summed E-state index contributed by atoms with van der Waals surface area (Å²) in [5, 5.41) is 3.62. The van der Waals surface area contributed by atoms with Gasteiger partial charge >= 0.3 is 0 Å². The molecule has 2 rings (SSSR count). The Morgan fingerprint density at radius 2 is 1.55 bits per heavy atom. The average molecular weight is 268 g/mol. The number of benzene rings is 2. The van der Waals surface area contributed by atoms with Crippen molar-refractivity contribution in [3.05, 3.63) is 58.7 Å². The van der Waals surface area contributed by atoms with Crippen LogP contribution in [0.4, 0.5) is 11.4 Å². The van der Waals surface area contributed by atoms with E-state index in [4.69, 9.17) is 0 Å². The van der Waals surface area contributed by atoms with Gasteiger partial charge in [-0.25, -0.2) is 0 Å². The topological polar surface area (TPSA) is 15.3 Å². The lowest BCUT2D eigenvalue weighted by molar-refractivity contribution is 0.403. The van der Waals surface area contributed by atoms with Crippen molar-refractivity contribution in [2.45, 2.75) is 27.3 Å². The molecule has 0 saturated heterocycles. The van der Waals surface area contributed by atoms with E-state index in [1.807, 2.05) is 0 Å². The molecule has 106 valence electrons. The lowest BCUT2D eigenvalue weighted by atomic mass is 10.0. The largest absolute Gasteiger partial charge is 0.355 e. The Balaban J connectivity index is 2.35. The second-order valence-corrected chi connectivity index (χ2v) is 5.79. The lowest BCUT2D eigenvalue weighted by Crippen LogP contribution is -2.12. The van der Waals surface area contributed by atoms with Gasteiger partial charge < -0.3 is 10.2 Å². The van der Waals surface area contributed by atoms with Gasteiger partial charge in [0.15, 0.2) is 0 Å².